The van der Waals surface area contributed by atoms with E-state index in [1.807, 2.05) is 26.0 Å². The molecule has 0 spiro atoms. The zero-order valence-electron chi connectivity index (χ0n) is 8.73. The largest absolute Gasteiger partial charge is 0.506 e. The molecule has 0 aliphatic heterocycles. The fourth-order valence-corrected chi connectivity index (χ4v) is 1.41. The summed E-state index contributed by atoms with van der Waals surface area (Å²) in [6.45, 7) is 3.85. The van der Waals surface area contributed by atoms with E-state index in [0.717, 1.165) is 16.8 Å². The summed E-state index contributed by atoms with van der Waals surface area (Å²) < 4.78 is 0. The van der Waals surface area contributed by atoms with Crippen molar-refractivity contribution in [2.45, 2.75) is 13.8 Å². The number of pyridine rings is 2. The molecule has 2 heterocycles. The molecule has 0 amide bonds. The van der Waals surface area contributed by atoms with E-state index in [4.69, 9.17) is 0 Å². The van der Waals surface area contributed by atoms with Gasteiger partial charge < -0.3 is 5.11 Å². The molecule has 3 nitrogen and oxygen atoms in total. The lowest BCUT2D eigenvalue weighted by atomic mass is 10.1. The normalized spacial score (nSPS) is 10.3. The van der Waals surface area contributed by atoms with Crippen LogP contribution in [0.1, 0.15) is 11.3 Å². The molecule has 0 aliphatic carbocycles. The second-order valence-electron chi connectivity index (χ2n) is 3.50. The van der Waals surface area contributed by atoms with Crippen molar-refractivity contribution in [3.8, 4) is 17.0 Å². The predicted octanol–water partition coefficient (Wildman–Crippen LogP) is 2.47. The van der Waals surface area contributed by atoms with E-state index in [1.165, 1.54) is 0 Å². The predicted molar refractivity (Wildman–Crippen MR) is 58.6 cm³/mol. The lowest BCUT2D eigenvalue weighted by Gasteiger charge is -2.06. The third kappa shape index (κ3) is 1.81. The van der Waals surface area contributed by atoms with Crippen molar-refractivity contribution in [3.05, 3.63) is 41.9 Å². The number of aromatic nitrogens is 2. The SMILES string of the molecule is Cc1cc(O)c(-c2cccnc2)nc1C. The van der Waals surface area contributed by atoms with Crippen molar-refractivity contribution >= 4 is 0 Å². The van der Waals surface area contributed by atoms with Gasteiger partial charge in [0.15, 0.2) is 0 Å². The van der Waals surface area contributed by atoms with Gasteiger partial charge in [0.25, 0.3) is 0 Å². The number of hydrogen-bond acceptors (Lipinski definition) is 3. The Bertz CT molecular complexity index is 480. The van der Waals surface area contributed by atoms with Crippen molar-refractivity contribution in [2.24, 2.45) is 0 Å². The van der Waals surface area contributed by atoms with Crippen LogP contribution in [0.15, 0.2) is 30.6 Å². The van der Waals surface area contributed by atoms with E-state index in [1.54, 1.807) is 18.5 Å². The van der Waals surface area contributed by atoms with E-state index < -0.39 is 0 Å². The first-order valence-corrected chi connectivity index (χ1v) is 4.76. The smallest absolute Gasteiger partial charge is 0.142 e. The van der Waals surface area contributed by atoms with E-state index in [9.17, 15) is 5.11 Å². The second-order valence-corrected chi connectivity index (χ2v) is 3.50. The molecule has 1 N–H and O–H groups in total. The Morgan fingerprint density at radius 2 is 2.07 bits per heavy atom. The Hall–Kier alpha value is -1.90. The fourth-order valence-electron chi connectivity index (χ4n) is 1.41. The van der Waals surface area contributed by atoms with Gasteiger partial charge in [-0.3, -0.25) is 4.98 Å². The zero-order valence-corrected chi connectivity index (χ0v) is 8.73. The van der Waals surface area contributed by atoms with Crippen LogP contribution in [0.25, 0.3) is 11.3 Å². The minimum Gasteiger partial charge on any atom is -0.506 e. The Morgan fingerprint density at radius 3 is 2.73 bits per heavy atom. The monoisotopic (exact) mass is 200 g/mol. The third-order valence-corrected chi connectivity index (χ3v) is 2.38. The minimum atomic E-state index is 0.200. The van der Waals surface area contributed by atoms with E-state index in [2.05, 4.69) is 9.97 Å². The number of hydrogen-bond donors (Lipinski definition) is 1. The highest BCUT2D eigenvalue weighted by molar-refractivity contribution is 5.65. The van der Waals surface area contributed by atoms with Gasteiger partial charge in [0, 0.05) is 23.7 Å². The first-order valence-electron chi connectivity index (χ1n) is 4.76. The number of aromatic hydroxyl groups is 1. The van der Waals surface area contributed by atoms with Crippen LogP contribution in [0.2, 0.25) is 0 Å². The number of aryl methyl sites for hydroxylation is 2. The van der Waals surface area contributed by atoms with Crippen LogP contribution in [0.4, 0.5) is 0 Å². The molecule has 3 heteroatoms. The summed E-state index contributed by atoms with van der Waals surface area (Å²) in [5, 5.41) is 9.78. The van der Waals surface area contributed by atoms with Crippen LogP contribution in [-0.2, 0) is 0 Å². The molecule has 2 aromatic rings. The average molecular weight is 200 g/mol. The molecule has 2 aromatic heterocycles. The first kappa shape index (κ1) is 9.65. The van der Waals surface area contributed by atoms with Crippen molar-refractivity contribution < 1.29 is 5.11 Å². The van der Waals surface area contributed by atoms with Crippen molar-refractivity contribution in [1.82, 2.24) is 9.97 Å². The highest BCUT2D eigenvalue weighted by atomic mass is 16.3. The summed E-state index contributed by atoms with van der Waals surface area (Å²) in [5.41, 5.74) is 3.33. The van der Waals surface area contributed by atoms with Crippen molar-refractivity contribution in [1.29, 1.82) is 0 Å². The maximum Gasteiger partial charge on any atom is 0.142 e. The lowest BCUT2D eigenvalue weighted by molar-refractivity contribution is 0.474. The summed E-state index contributed by atoms with van der Waals surface area (Å²) in [5.74, 6) is 0.200. The molecule has 2 rings (SSSR count). The Morgan fingerprint density at radius 1 is 1.27 bits per heavy atom. The van der Waals surface area contributed by atoms with Crippen LogP contribution >= 0.6 is 0 Å². The van der Waals surface area contributed by atoms with Crippen LogP contribution in [-0.4, -0.2) is 15.1 Å². The molecule has 0 aliphatic rings. The Kier molecular flexibility index (Phi) is 2.37. The standard InChI is InChI=1S/C12H12N2O/c1-8-6-11(15)12(14-9(8)2)10-4-3-5-13-7-10/h3-7,15H,1-2H3. The van der Waals surface area contributed by atoms with Gasteiger partial charge in [0.05, 0.1) is 0 Å². The molecule has 0 saturated heterocycles. The summed E-state index contributed by atoms with van der Waals surface area (Å²) >= 11 is 0. The molecule has 0 unspecified atom stereocenters. The van der Waals surface area contributed by atoms with Crippen molar-refractivity contribution in [2.75, 3.05) is 0 Å². The van der Waals surface area contributed by atoms with Gasteiger partial charge in [0.2, 0.25) is 0 Å². The quantitative estimate of drug-likeness (QED) is 0.769. The van der Waals surface area contributed by atoms with Gasteiger partial charge in [-0.15, -0.1) is 0 Å². The van der Waals surface area contributed by atoms with Crippen LogP contribution in [0.3, 0.4) is 0 Å². The molecule has 76 valence electrons. The molecule has 0 saturated carbocycles. The summed E-state index contributed by atoms with van der Waals surface area (Å²) in [6.07, 6.45) is 3.39. The number of rotatable bonds is 1. The molecule has 0 aromatic carbocycles. The second kappa shape index (κ2) is 3.69. The van der Waals surface area contributed by atoms with Crippen LogP contribution < -0.4 is 0 Å². The van der Waals surface area contributed by atoms with E-state index in [-0.39, 0.29) is 5.75 Å². The zero-order chi connectivity index (χ0) is 10.8. The highest BCUT2D eigenvalue weighted by Gasteiger charge is 2.07. The van der Waals surface area contributed by atoms with E-state index in [0.29, 0.717) is 5.69 Å². The van der Waals surface area contributed by atoms with Gasteiger partial charge in [-0.05, 0) is 37.6 Å². The van der Waals surface area contributed by atoms with Gasteiger partial charge >= 0.3 is 0 Å². The molecule has 0 fully saturated rings. The van der Waals surface area contributed by atoms with Crippen molar-refractivity contribution in [3.63, 3.8) is 0 Å². The molecular weight excluding hydrogens is 188 g/mol. The van der Waals surface area contributed by atoms with Crippen LogP contribution in [0.5, 0.6) is 5.75 Å². The fraction of sp³-hybridized carbons (Fsp3) is 0.167. The Labute approximate surface area is 88.5 Å². The lowest BCUT2D eigenvalue weighted by Crippen LogP contribution is -1.91. The van der Waals surface area contributed by atoms with Gasteiger partial charge in [-0.25, -0.2) is 4.98 Å². The van der Waals surface area contributed by atoms with E-state index >= 15 is 0 Å². The topological polar surface area (TPSA) is 46.0 Å². The maximum absolute atomic E-state index is 9.78. The molecule has 0 atom stereocenters. The average Bonchev–Trinajstić information content (AvgIpc) is 2.25. The third-order valence-electron chi connectivity index (χ3n) is 2.38. The molecule has 0 radical (unpaired) electrons. The summed E-state index contributed by atoms with van der Waals surface area (Å²) in [7, 11) is 0. The minimum absolute atomic E-state index is 0.200. The highest BCUT2D eigenvalue weighted by Crippen LogP contribution is 2.27. The molecule has 0 bridgehead atoms. The summed E-state index contributed by atoms with van der Waals surface area (Å²) in [4.78, 5) is 8.36. The Balaban J connectivity index is 2.59. The molecule has 15 heavy (non-hydrogen) atoms. The first-order chi connectivity index (χ1) is 7.18. The molecular formula is C12H12N2O. The maximum atomic E-state index is 9.78. The number of nitrogens with zero attached hydrogens (tertiary/aromatic N) is 2. The van der Waals surface area contributed by atoms with Gasteiger partial charge in [-0.2, -0.15) is 0 Å². The van der Waals surface area contributed by atoms with Crippen LogP contribution in [0, 0.1) is 13.8 Å². The summed E-state index contributed by atoms with van der Waals surface area (Å²) in [6, 6.07) is 5.43. The van der Waals surface area contributed by atoms with Gasteiger partial charge in [-0.1, -0.05) is 0 Å². The van der Waals surface area contributed by atoms with Gasteiger partial charge in [0.1, 0.15) is 11.4 Å².